The highest BCUT2D eigenvalue weighted by Gasteiger charge is 2.40. The van der Waals surface area contributed by atoms with Crippen molar-refractivity contribution in [2.45, 2.75) is 77.3 Å². The average Bonchev–Trinajstić information content (AvgIpc) is 3.28. The molecule has 8 heteroatoms. The Balaban J connectivity index is 1.26. The minimum atomic E-state index is -2.40. The molecule has 1 aromatic carbocycles. The van der Waals surface area contributed by atoms with Gasteiger partial charge in [-0.2, -0.15) is 0 Å². The van der Waals surface area contributed by atoms with Crippen molar-refractivity contribution in [1.82, 2.24) is 9.88 Å². The lowest BCUT2D eigenvalue weighted by atomic mass is 9.87. The van der Waals surface area contributed by atoms with E-state index in [1.54, 1.807) is 13.1 Å². The van der Waals surface area contributed by atoms with Crippen LogP contribution in [0.5, 0.6) is 5.75 Å². The summed E-state index contributed by atoms with van der Waals surface area (Å²) in [6.07, 6.45) is 5.87. The molecule has 2 atom stereocenters. The fraction of sp³-hybridized carbons (Fsp3) is 0.548. The first-order valence-corrected chi connectivity index (χ1v) is 14.1. The largest absolute Gasteiger partial charge is 0.492 e. The number of carbonyl (C=O) groups excluding carboxylic acids is 1. The van der Waals surface area contributed by atoms with E-state index in [-0.39, 0.29) is 31.2 Å². The molecule has 1 aliphatic heterocycles. The van der Waals surface area contributed by atoms with Crippen LogP contribution in [0.4, 0.5) is 8.78 Å². The molecule has 0 bridgehead atoms. The molecule has 39 heavy (non-hydrogen) atoms. The van der Waals surface area contributed by atoms with Gasteiger partial charge in [0.05, 0.1) is 37.7 Å². The summed E-state index contributed by atoms with van der Waals surface area (Å²) >= 11 is 0. The van der Waals surface area contributed by atoms with Crippen LogP contribution in [0.25, 0.3) is 5.57 Å². The van der Waals surface area contributed by atoms with Crippen LogP contribution in [0.2, 0.25) is 0 Å². The van der Waals surface area contributed by atoms with Gasteiger partial charge in [-0.15, -0.1) is 0 Å². The molecule has 4 rings (SSSR count). The molecule has 2 heterocycles. The summed E-state index contributed by atoms with van der Waals surface area (Å²) < 4.78 is 43.2. The second-order valence-electron chi connectivity index (χ2n) is 10.3. The van der Waals surface area contributed by atoms with Crippen molar-refractivity contribution < 1.29 is 27.8 Å². The number of esters is 1. The normalized spacial score (nSPS) is 18.8. The maximum atomic E-state index is 13.6. The van der Waals surface area contributed by atoms with Gasteiger partial charge in [-0.25, -0.2) is 13.6 Å². The van der Waals surface area contributed by atoms with Gasteiger partial charge < -0.3 is 14.2 Å². The smallest absolute Gasteiger partial charge is 0.332 e. The molecule has 2 aromatic rings. The molecule has 0 N–H and O–H groups in total. The maximum Gasteiger partial charge on any atom is 0.332 e. The number of pyridine rings is 1. The van der Waals surface area contributed by atoms with Crippen molar-refractivity contribution in [3.05, 3.63) is 65.0 Å². The summed E-state index contributed by atoms with van der Waals surface area (Å²) in [6.45, 7) is 5.10. The SMILES string of the molecule is CCOC(=O)COCCCCCCCOc1ccc([C@@H]2C3=C(C[C@@H](C)N2CC(F)F)c2ccccc2C3)nc1. The number of alkyl halides is 2. The van der Waals surface area contributed by atoms with E-state index >= 15 is 0 Å². The van der Waals surface area contributed by atoms with Crippen molar-refractivity contribution in [2.75, 3.05) is 33.0 Å². The van der Waals surface area contributed by atoms with Crippen molar-refractivity contribution in [3.63, 3.8) is 0 Å². The third kappa shape index (κ3) is 7.85. The summed E-state index contributed by atoms with van der Waals surface area (Å²) in [5, 5.41) is 0. The first-order valence-electron chi connectivity index (χ1n) is 14.1. The number of benzene rings is 1. The van der Waals surface area contributed by atoms with Crippen LogP contribution in [0, 0.1) is 0 Å². The molecule has 1 aromatic heterocycles. The predicted molar refractivity (Wildman–Crippen MR) is 147 cm³/mol. The predicted octanol–water partition coefficient (Wildman–Crippen LogP) is 6.40. The van der Waals surface area contributed by atoms with E-state index in [0.717, 1.165) is 50.6 Å². The van der Waals surface area contributed by atoms with Gasteiger partial charge in [-0.1, -0.05) is 43.5 Å². The van der Waals surface area contributed by atoms with Gasteiger partial charge in [-0.3, -0.25) is 9.88 Å². The maximum absolute atomic E-state index is 13.6. The number of halogens is 2. The zero-order valence-corrected chi connectivity index (χ0v) is 23.0. The molecule has 0 fully saturated rings. The Morgan fingerprint density at radius 2 is 1.85 bits per heavy atom. The molecule has 6 nitrogen and oxygen atoms in total. The number of carbonyl (C=O) groups is 1. The molecule has 1 aliphatic carbocycles. The Bertz CT molecular complexity index is 1110. The summed E-state index contributed by atoms with van der Waals surface area (Å²) in [5.41, 5.74) is 5.80. The Hall–Kier alpha value is -2.84. The number of rotatable bonds is 15. The highest BCUT2D eigenvalue weighted by molar-refractivity contribution is 5.78. The van der Waals surface area contributed by atoms with Crippen molar-refractivity contribution in [1.29, 1.82) is 0 Å². The van der Waals surface area contributed by atoms with E-state index in [2.05, 4.69) is 12.1 Å². The fourth-order valence-corrected chi connectivity index (χ4v) is 5.64. The fourth-order valence-electron chi connectivity index (χ4n) is 5.64. The van der Waals surface area contributed by atoms with Crippen molar-refractivity contribution >= 4 is 11.5 Å². The minimum absolute atomic E-state index is 0.00392. The molecule has 0 amide bonds. The first-order chi connectivity index (χ1) is 19.0. The van der Waals surface area contributed by atoms with Crippen LogP contribution in [0.15, 0.2) is 48.2 Å². The van der Waals surface area contributed by atoms with Crippen LogP contribution in [0.1, 0.15) is 75.2 Å². The lowest BCUT2D eigenvalue weighted by molar-refractivity contribution is -0.148. The van der Waals surface area contributed by atoms with E-state index in [1.807, 2.05) is 36.1 Å². The third-order valence-electron chi connectivity index (χ3n) is 7.45. The molecular weight excluding hydrogens is 502 g/mol. The zero-order chi connectivity index (χ0) is 27.6. The second kappa shape index (κ2) is 14.5. The quantitative estimate of drug-likeness (QED) is 0.192. The van der Waals surface area contributed by atoms with Crippen LogP contribution >= 0.6 is 0 Å². The number of aromatic nitrogens is 1. The number of unbranched alkanes of at least 4 members (excludes halogenated alkanes) is 4. The van der Waals surface area contributed by atoms with Gasteiger partial charge >= 0.3 is 5.97 Å². The van der Waals surface area contributed by atoms with Gasteiger partial charge in [0.1, 0.15) is 12.4 Å². The molecule has 0 radical (unpaired) electrons. The van der Waals surface area contributed by atoms with Gasteiger partial charge in [0.25, 0.3) is 6.43 Å². The van der Waals surface area contributed by atoms with Crippen molar-refractivity contribution in [2.24, 2.45) is 0 Å². The molecule has 212 valence electrons. The molecular formula is C31H40F2N2O4. The van der Waals surface area contributed by atoms with E-state index in [0.29, 0.717) is 25.6 Å². The average molecular weight is 543 g/mol. The van der Waals surface area contributed by atoms with E-state index in [1.165, 1.54) is 22.3 Å². The number of nitrogens with zero attached hydrogens (tertiary/aromatic N) is 2. The topological polar surface area (TPSA) is 60.9 Å². The number of hydrogen-bond donors (Lipinski definition) is 0. The van der Waals surface area contributed by atoms with Gasteiger partial charge in [-0.05, 0) is 73.9 Å². The molecule has 0 saturated carbocycles. The van der Waals surface area contributed by atoms with E-state index < -0.39 is 6.43 Å². The lowest BCUT2D eigenvalue weighted by Crippen LogP contribution is -2.43. The monoisotopic (exact) mass is 542 g/mol. The third-order valence-corrected chi connectivity index (χ3v) is 7.45. The Morgan fingerprint density at radius 3 is 2.59 bits per heavy atom. The zero-order valence-electron chi connectivity index (χ0n) is 23.0. The summed E-state index contributed by atoms with van der Waals surface area (Å²) in [6, 6.07) is 11.9. The highest BCUT2D eigenvalue weighted by atomic mass is 19.3. The van der Waals surface area contributed by atoms with Crippen LogP contribution in [0.3, 0.4) is 0 Å². The second-order valence-corrected chi connectivity index (χ2v) is 10.3. The van der Waals surface area contributed by atoms with Gasteiger partial charge in [0, 0.05) is 12.6 Å². The molecule has 0 unspecified atom stereocenters. The standard InChI is InChI=1S/C31H40F2N2O4/c1-3-38-30(36)21-37-15-9-5-4-6-10-16-39-24-13-14-28(34-19-24)31-27-18-23-11-7-8-12-25(23)26(27)17-22(2)35(31)20-29(32)33/h7-8,11-14,19,22,29,31H,3-6,9-10,15-18,20-21H2,1-2H3/t22-,31+/m1/s1. The molecule has 0 spiro atoms. The van der Waals surface area contributed by atoms with Crippen LogP contribution in [-0.4, -0.2) is 61.3 Å². The van der Waals surface area contributed by atoms with Gasteiger partial charge in [0.2, 0.25) is 0 Å². The number of hydrogen-bond acceptors (Lipinski definition) is 6. The Morgan fingerprint density at radius 1 is 1.08 bits per heavy atom. The molecule has 2 aliphatic rings. The summed E-state index contributed by atoms with van der Waals surface area (Å²) in [5.74, 6) is 0.376. The number of fused-ring (bicyclic) bond motifs is 2. The summed E-state index contributed by atoms with van der Waals surface area (Å²) in [7, 11) is 0. The van der Waals surface area contributed by atoms with Crippen molar-refractivity contribution in [3.8, 4) is 5.75 Å². The molecule has 0 saturated heterocycles. The Labute approximate surface area is 230 Å². The minimum Gasteiger partial charge on any atom is -0.492 e. The Kier molecular flexibility index (Phi) is 10.9. The van der Waals surface area contributed by atoms with E-state index in [4.69, 9.17) is 19.2 Å². The lowest BCUT2D eigenvalue weighted by Gasteiger charge is -2.41. The van der Waals surface area contributed by atoms with Crippen LogP contribution in [-0.2, 0) is 20.7 Å². The first kappa shape index (κ1) is 29.2. The highest BCUT2D eigenvalue weighted by Crippen LogP contribution is 2.48. The van der Waals surface area contributed by atoms with Gasteiger partial charge in [0.15, 0.2) is 0 Å². The van der Waals surface area contributed by atoms with E-state index in [9.17, 15) is 13.6 Å². The summed E-state index contributed by atoms with van der Waals surface area (Å²) in [4.78, 5) is 17.8. The number of ether oxygens (including phenoxy) is 3. The van der Waals surface area contributed by atoms with Crippen LogP contribution < -0.4 is 4.74 Å².